The minimum Gasteiger partial charge on any atom is -0.369 e. The summed E-state index contributed by atoms with van der Waals surface area (Å²) in [5, 5.41) is 3.44. The van der Waals surface area contributed by atoms with Crippen molar-refractivity contribution in [2.45, 2.75) is 39.7 Å². The van der Waals surface area contributed by atoms with Gasteiger partial charge in [-0.25, -0.2) is 4.98 Å². The van der Waals surface area contributed by atoms with Crippen LogP contribution in [-0.2, 0) is 0 Å². The van der Waals surface area contributed by atoms with Gasteiger partial charge in [0.2, 0.25) is 0 Å². The van der Waals surface area contributed by atoms with Gasteiger partial charge in [0, 0.05) is 24.8 Å². The molecule has 1 aliphatic heterocycles. The first-order valence-corrected chi connectivity index (χ1v) is 7.06. The number of aromatic nitrogens is 1. The Bertz CT molecular complexity index is 378. The maximum Gasteiger partial charge on any atom is 0.126 e. The lowest BCUT2D eigenvalue weighted by molar-refractivity contribution is 0.144. The highest BCUT2D eigenvalue weighted by molar-refractivity contribution is 5.35. The van der Waals surface area contributed by atoms with E-state index < -0.39 is 0 Å². The molecule has 0 radical (unpaired) electrons. The Hall–Kier alpha value is -1.09. The molecular formula is C15H25N3. The zero-order valence-electron chi connectivity index (χ0n) is 11.8. The third kappa shape index (κ3) is 3.70. The Morgan fingerprint density at radius 3 is 3.06 bits per heavy atom. The van der Waals surface area contributed by atoms with Crippen molar-refractivity contribution in [2.75, 3.05) is 25.0 Å². The van der Waals surface area contributed by atoms with E-state index in [-0.39, 0.29) is 0 Å². The third-order valence-corrected chi connectivity index (χ3v) is 3.78. The third-order valence-electron chi connectivity index (χ3n) is 3.78. The van der Waals surface area contributed by atoms with Gasteiger partial charge in [-0.05, 0) is 51.3 Å². The monoisotopic (exact) mass is 247 g/mol. The van der Waals surface area contributed by atoms with Gasteiger partial charge in [0.1, 0.15) is 5.82 Å². The average Bonchev–Trinajstić information content (AvgIpc) is 2.36. The number of pyridine rings is 1. The number of aryl methyl sites for hydroxylation is 1. The smallest absolute Gasteiger partial charge is 0.126 e. The number of rotatable bonds is 4. The molecule has 2 heterocycles. The van der Waals surface area contributed by atoms with Crippen molar-refractivity contribution < 1.29 is 0 Å². The van der Waals surface area contributed by atoms with Crippen molar-refractivity contribution in [1.82, 2.24) is 9.88 Å². The first-order chi connectivity index (χ1) is 8.65. The Kier molecular flexibility index (Phi) is 4.59. The molecule has 3 nitrogen and oxygen atoms in total. The molecule has 1 saturated heterocycles. The maximum absolute atomic E-state index is 4.48. The summed E-state index contributed by atoms with van der Waals surface area (Å²) in [4.78, 5) is 7.07. The molecule has 0 saturated carbocycles. The van der Waals surface area contributed by atoms with E-state index in [2.05, 4.69) is 35.1 Å². The SMILES string of the molecule is Cc1cccc(NCC(C)N2CCCC(C)C2)n1. The van der Waals surface area contributed by atoms with E-state index in [1.807, 2.05) is 19.1 Å². The van der Waals surface area contributed by atoms with Crippen LogP contribution in [0, 0.1) is 12.8 Å². The minimum atomic E-state index is 0.579. The Balaban J connectivity index is 1.82. The second-order valence-electron chi connectivity index (χ2n) is 5.64. The second kappa shape index (κ2) is 6.19. The lowest BCUT2D eigenvalue weighted by Gasteiger charge is -2.35. The Morgan fingerprint density at radius 2 is 2.33 bits per heavy atom. The quantitative estimate of drug-likeness (QED) is 0.886. The summed E-state index contributed by atoms with van der Waals surface area (Å²) >= 11 is 0. The number of piperidine rings is 1. The fourth-order valence-electron chi connectivity index (χ4n) is 2.65. The van der Waals surface area contributed by atoms with E-state index in [4.69, 9.17) is 0 Å². The zero-order valence-corrected chi connectivity index (χ0v) is 11.8. The largest absolute Gasteiger partial charge is 0.369 e. The number of likely N-dealkylation sites (tertiary alicyclic amines) is 1. The summed E-state index contributed by atoms with van der Waals surface area (Å²) in [7, 11) is 0. The number of hydrogen-bond donors (Lipinski definition) is 1. The standard InChI is InChI=1S/C15H25N3/c1-12-6-5-9-18(11-12)14(3)10-16-15-8-4-7-13(2)17-15/h4,7-8,12,14H,5-6,9-11H2,1-3H3,(H,16,17). The van der Waals surface area contributed by atoms with E-state index in [1.165, 1.54) is 25.9 Å². The van der Waals surface area contributed by atoms with Gasteiger partial charge in [-0.3, -0.25) is 4.90 Å². The van der Waals surface area contributed by atoms with E-state index in [1.54, 1.807) is 0 Å². The summed E-state index contributed by atoms with van der Waals surface area (Å²) < 4.78 is 0. The highest BCUT2D eigenvalue weighted by Crippen LogP contribution is 2.17. The molecule has 1 aromatic heterocycles. The van der Waals surface area contributed by atoms with Crippen LogP contribution >= 0.6 is 0 Å². The minimum absolute atomic E-state index is 0.579. The van der Waals surface area contributed by atoms with Gasteiger partial charge in [0.05, 0.1) is 0 Å². The van der Waals surface area contributed by atoms with Crippen LogP contribution in [0.1, 0.15) is 32.4 Å². The van der Waals surface area contributed by atoms with Crippen molar-refractivity contribution >= 4 is 5.82 Å². The number of hydrogen-bond acceptors (Lipinski definition) is 3. The van der Waals surface area contributed by atoms with E-state index in [9.17, 15) is 0 Å². The number of nitrogens with one attached hydrogen (secondary N) is 1. The molecule has 1 N–H and O–H groups in total. The van der Waals surface area contributed by atoms with Gasteiger partial charge in [-0.15, -0.1) is 0 Å². The fraction of sp³-hybridized carbons (Fsp3) is 0.667. The van der Waals surface area contributed by atoms with Gasteiger partial charge in [-0.1, -0.05) is 13.0 Å². The van der Waals surface area contributed by atoms with Crippen LogP contribution in [-0.4, -0.2) is 35.6 Å². The van der Waals surface area contributed by atoms with E-state index >= 15 is 0 Å². The van der Waals surface area contributed by atoms with Crippen LogP contribution in [0.15, 0.2) is 18.2 Å². The van der Waals surface area contributed by atoms with Crippen molar-refractivity contribution in [3.63, 3.8) is 0 Å². The molecule has 1 aliphatic rings. The zero-order chi connectivity index (χ0) is 13.0. The predicted octanol–water partition coefficient (Wildman–Crippen LogP) is 2.92. The topological polar surface area (TPSA) is 28.2 Å². The van der Waals surface area contributed by atoms with Crippen LogP contribution in [0.5, 0.6) is 0 Å². The second-order valence-corrected chi connectivity index (χ2v) is 5.64. The highest BCUT2D eigenvalue weighted by Gasteiger charge is 2.20. The Morgan fingerprint density at radius 1 is 1.50 bits per heavy atom. The van der Waals surface area contributed by atoms with Gasteiger partial charge in [-0.2, -0.15) is 0 Å². The molecule has 0 aromatic carbocycles. The summed E-state index contributed by atoms with van der Waals surface area (Å²) in [5.41, 5.74) is 1.07. The van der Waals surface area contributed by atoms with Crippen LogP contribution < -0.4 is 5.32 Å². The van der Waals surface area contributed by atoms with Crippen LogP contribution in [0.25, 0.3) is 0 Å². The van der Waals surface area contributed by atoms with E-state index in [0.717, 1.165) is 24.0 Å². The lowest BCUT2D eigenvalue weighted by Crippen LogP contribution is -2.43. The van der Waals surface area contributed by atoms with Crippen molar-refractivity contribution in [3.8, 4) is 0 Å². The van der Waals surface area contributed by atoms with Gasteiger partial charge in [0.25, 0.3) is 0 Å². The van der Waals surface area contributed by atoms with Crippen molar-refractivity contribution in [2.24, 2.45) is 5.92 Å². The summed E-state index contributed by atoms with van der Waals surface area (Å²) in [6.07, 6.45) is 2.73. The molecule has 0 spiro atoms. The summed E-state index contributed by atoms with van der Waals surface area (Å²) in [6, 6.07) is 6.70. The molecule has 0 aliphatic carbocycles. The fourth-order valence-corrected chi connectivity index (χ4v) is 2.65. The van der Waals surface area contributed by atoms with Crippen LogP contribution in [0.3, 0.4) is 0 Å². The average molecular weight is 247 g/mol. The van der Waals surface area contributed by atoms with Gasteiger partial charge < -0.3 is 5.32 Å². The maximum atomic E-state index is 4.48. The normalized spacial score (nSPS) is 22.7. The van der Waals surface area contributed by atoms with E-state index in [0.29, 0.717) is 6.04 Å². The first kappa shape index (κ1) is 13.3. The highest BCUT2D eigenvalue weighted by atomic mass is 15.2. The molecule has 1 fully saturated rings. The molecular weight excluding hydrogens is 222 g/mol. The Labute approximate surface area is 111 Å². The van der Waals surface area contributed by atoms with Crippen LogP contribution in [0.4, 0.5) is 5.82 Å². The van der Waals surface area contributed by atoms with Gasteiger partial charge >= 0.3 is 0 Å². The predicted molar refractivity (Wildman–Crippen MR) is 76.9 cm³/mol. The molecule has 18 heavy (non-hydrogen) atoms. The summed E-state index contributed by atoms with van der Waals surface area (Å²) in [5.74, 6) is 1.84. The summed E-state index contributed by atoms with van der Waals surface area (Å²) in [6.45, 7) is 10.2. The lowest BCUT2D eigenvalue weighted by atomic mass is 9.99. The molecule has 0 bridgehead atoms. The van der Waals surface area contributed by atoms with Gasteiger partial charge in [0.15, 0.2) is 0 Å². The van der Waals surface area contributed by atoms with Crippen molar-refractivity contribution in [1.29, 1.82) is 0 Å². The molecule has 0 amide bonds. The van der Waals surface area contributed by atoms with Crippen LogP contribution in [0.2, 0.25) is 0 Å². The first-order valence-electron chi connectivity index (χ1n) is 7.06. The number of nitrogens with zero attached hydrogens (tertiary/aromatic N) is 2. The molecule has 2 atom stereocenters. The van der Waals surface area contributed by atoms with Crippen molar-refractivity contribution in [3.05, 3.63) is 23.9 Å². The molecule has 100 valence electrons. The molecule has 2 rings (SSSR count). The molecule has 2 unspecified atom stereocenters. The number of anilines is 1. The molecule has 1 aromatic rings. The molecule has 3 heteroatoms.